The van der Waals surface area contributed by atoms with Gasteiger partial charge in [0.05, 0.1) is 6.10 Å². The van der Waals surface area contributed by atoms with Gasteiger partial charge < -0.3 is 10.2 Å². The molecular weight excluding hydrogens is 288 g/mol. The Morgan fingerprint density at radius 3 is 2.43 bits per heavy atom. The van der Waals surface area contributed by atoms with Crippen LogP contribution < -0.4 is 0 Å². The summed E-state index contributed by atoms with van der Waals surface area (Å²) in [6, 6.07) is 0. The number of aliphatic hydroxyl groups is 1. The van der Waals surface area contributed by atoms with Crippen molar-refractivity contribution >= 4 is 5.97 Å². The molecule has 1 unspecified atom stereocenters. The fourth-order valence-corrected chi connectivity index (χ4v) is 1.96. The standard InChI is InChI=1S/C20H32O3/c1-2-3-4-5-6-7-8-9-10-13-16-19(21)17-14-11-12-15-18-20(22)23/h6-7,9-11,13-14,16,19,21H,2-5,8,12,15,17-18H2,1H3,(H,22,23). The van der Waals surface area contributed by atoms with Crippen molar-refractivity contribution in [3.63, 3.8) is 0 Å². The first-order chi connectivity index (χ1) is 11.2. The lowest BCUT2D eigenvalue weighted by Gasteiger charge is -1.99. The number of carbonyl (C=O) groups is 1. The van der Waals surface area contributed by atoms with Crippen molar-refractivity contribution in [1.29, 1.82) is 0 Å². The summed E-state index contributed by atoms with van der Waals surface area (Å²) >= 11 is 0. The topological polar surface area (TPSA) is 57.5 Å². The number of hydrogen-bond acceptors (Lipinski definition) is 2. The summed E-state index contributed by atoms with van der Waals surface area (Å²) in [5.41, 5.74) is 0. The predicted molar refractivity (Wildman–Crippen MR) is 97.4 cm³/mol. The van der Waals surface area contributed by atoms with E-state index in [1.54, 1.807) is 6.08 Å². The fourth-order valence-electron chi connectivity index (χ4n) is 1.96. The van der Waals surface area contributed by atoms with Crippen molar-refractivity contribution in [2.75, 3.05) is 0 Å². The van der Waals surface area contributed by atoms with Crippen molar-refractivity contribution in [2.24, 2.45) is 0 Å². The Kier molecular flexibility index (Phi) is 15.6. The van der Waals surface area contributed by atoms with Gasteiger partial charge in [0, 0.05) is 6.42 Å². The molecule has 0 aliphatic heterocycles. The second kappa shape index (κ2) is 16.8. The molecule has 0 fully saturated rings. The maximum Gasteiger partial charge on any atom is 0.303 e. The van der Waals surface area contributed by atoms with Crippen molar-refractivity contribution in [3.8, 4) is 0 Å². The zero-order chi connectivity index (χ0) is 17.2. The van der Waals surface area contributed by atoms with Gasteiger partial charge in [-0.05, 0) is 38.5 Å². The maximum absolute atomic E-state index is 10.3. The first-order valence-electron chi connectivity index (χ1n) is 8.70. The Morgan fingerprint density at radius 1 is 0.957 bits per heavy atom. The number of aliphatic hydroxyl groups excluding tert-OH is 1. The average molecular weight is 320 g/mol. The highest BCUT2D eigenvalue weighted by Gasteiger charge is 1.95. The van der Waals surface area contributed by atoms with Gasteiger partial charge in [-0.2, -0.15) is 0 Å². The van der Waals surface area contributed by atoms with Crippen molar-refractivity contribution in [1.82, 2.24) is 0 Å². The largest absolute Gasteiger partial charge is 0.481 e. The van der Waals surface area contributed by atoms with Gasteiger partial charge in [0.25, 0.3) is 0 Å². The second-order valence-electron chi connectivity index (χ2n) is 5.58. The van der Waals surface area contributed by atoms with E-state index in [1.165, 1.54) is 19.3 Å². The molecule has 0 saturated heterocycles. The Labute approximate surface area is 141 Å². The summed E-state index contributed by atoms with van der Waals surface area (Å²) in [6.45, 7) is 2.21. The molecule has 0 saturated carbocycles. The normalized spacial score (nSPS) is 13.8. The van der Waals surface area contributed by atoms with E-state index < -0.39 is 12.1 Å². The van der Waals surface area contributed by atoms with E-state index in [9.17, 15) is 9.90 Å². The number of allylic oxidation sites excluding steroid dienone is 6. The third-order valence-corrected chi connectivity index (χ3v) is 3.30. The lowest BCUT2D eigenvalue weighted by molar-refractivity contribution is -0.137. The molecule has 23 heavy (non-hydrogen) atoms. The van der Waals surface area contributed by atoms with Crippen molar-refractivity contribution in [3.05, 3.63) is 48.6 Å². The molecule has 0 bridgehead atoms. The first-order valence-corrected chi connectivity index (χ1v) is 8.70. The van der Waals surface area contributed by atoms with E-state index in [0.717, 1.165) is 19.3 Å². The van der Waals surface area contributed by atoms with Crippen LogP contribution in [0.3, 0.4) is 0 Å². The number of hydrogen-bond donors (Lipinski definition) is 2. The number of rotatable bonds is 14. The lowest BCUT2D eigenvalue weighted by Crippen LogP contribution is -1.98. The molecule has 3 nitrogen and oxygen atoms in total. The maximum atomic E-state index is 10.3. The monoisotopic (exact) mass is 320 g/mol. The van der Waals surface area contributed by atoms with Crippen LogP contribution >= 0.6 is 0 Å². The average Bonchev–Trinajstić information content (AvgIpc) is 2.52. The number of carboxylic acid groups (broad SMARTS) is 1. The van der Waals surface area contributed by atoms with Crippen LogP contribution in [0.25, 0.3) is 0 Å². The van der Waals surface area contributed by atoms with Gasteiger partial charge in [0.15, 0.2) is 0 Å². The number of aliphatic carboxylic acids is 1. The molecular formula is C20H32O3. The summed E-state index contributed by atoms with van der Waals surface area (Å²) in [6.07, 6.45) is 23.5. The minimum atomic E-state index is -0.760. The van der Waals surface area contributed by atoms with Crippen molar-refractivity contribution < 1.29 is 15.0 Å². The van der Waals surface area contributed by atoms with Crippen LogP contribution in [0.4, 0.5) is 0 Å². The second-order valence-corrected chi connectivity index (χ2v) is 5.58. The van der Waals surface area contributed by atoms with Gasteiger partial charge in [-0.25, -0.2) is 0 Å². The SMILES string of the molecule is CCCCCC=CCC=CC=CC(O)CC=CCCCC(=O)O. The fraction of sp³-hybridized carbons (Fsp3) is 0.550. The van der Waals surface area contributed by atoms with Crippen LogP contribution in [0.1, 0.15) is 64.7 Å². The molecule has 0 aromatic heterocycles. The third-order valence-electron chi connectivity index (χ3n) is 3.30. The molecule has 0 aromatic carbocycles. The zero-order valence-electron chi connectivity index (χ0n) is 14.4. The summed E-state index contributed by atoms with van der Waals surface area (Å²) < 4.78 is 0. The van der Waals surface area contributed by atoms with Crippen LogP contribution in [0.15, 0.2) is 48.6 Å². The van der Waals surface area contributed by atoms with Crippen LogP contribution in [0.2, 0.25) is 0 Å². The molecule has 0 spiro atoms. The molecule has 0 rings (SSSR count). The number of carboxylic acids is 1. The highest BCUT2D eigenvalue weighted by atomic mass is 16.4. The summed E-state index contributed by atoms with van der Waals surface area (Å²) in [4.78, 5) is 10.3. The Balaban J connectivity index is 3.63. The molecule has 0 amide bonds. The quantitative estimate of drug-likeness (QED) is 0.263. The van der Waals surface area contributed by atoms with E-state index in [-0.39, 0.29) is 6.42 Å². The van der Waals surface area contributed by atoms with Crippen LogP contribution in [-0.4, -0.2) is 22.3 Å². The molecule has 3 heteroatoms. The minimum Gasteiger partial charge on any atom is -0.481 e. The van der Waals surface area contributed by atoms with E-state index in [0.29, 0.717) is 12.8 Å². The lowest BCUT2D eigenvalue weighted by atomic mass is 10.2. The number of unbranched alkanes of at least 4 members (excludes halogenated alkanes) is 4. The van der Waals surface area contributed by atoms with E-state index in [1.807, 2.05) is 24.3 Å². The van der Waals surface area contributed by atoms with Crippen LogP contribution in [0, 0.1) is 0 Å². The Morgan fingerprint density at radius 2 is 1.70 bits per heavy atom. The molecule has 0 radical (unpaired) electrons. The van der Waals surface area contributed by atoms with Gasteiger partial charge in [-0.1, -0.05) is 68.4 Å². The van der Waals surface area contributed by atoms with Crippen molar-refractivity contribution in [2.45, 2.75) is 70.8 Å². The summed E-state index contributed by atoms with van der Waals surface area (Å²) in [7, 11) is 0. The van der Waals surface area contributed by atoms with Crippen LogP contribution in [0.5, 0.6) is 0 Å². The smallest absolute Gasteiger partial charge is 0.303 e. The first kappa shape index (κ1) is 21.4. The highest BCUT2D eigenvalue weighted by Crippen LogP contribution is 2.02. The molecule has 130 valence electrons. The molecule has 1 atom stereocenters. The Hall–Kier alpha value is -1.61. The highest BCUT2D eigenvalue weighted by molar-refractivity contribution is 5.66. The van der Waals surface area contributed by atoms with Gasteiger partial charge in [-0.15, -0.1) is 0 Å². The van der Waals surface area contributed by atoms with Gasteiger partial charge in [-0.3, -0.25) is 4.79 Å². The van der Waals surface area contributed by atoms with Gasteiger partial charge in [0.1, 0.15) is 0 Å². The van der Waals surface area contributed by atoms with Gasteiger partial charge in [0.2, 0.25) is 0 Å². The van der Waals surface area contributed by atoms with Gasteiger partial charge >= 0.3 is 5.97 Å². The molecule has 0 aromatic rings. The molecule has 2 N–H and O–H groups in total. The predicted octanol–water partition coefficient (Wildman–Crippen LogP) is 5.19. The van der Waals surface area contributed by atoms with E-state index >= 15 is 0 Å². The Bertz CT molecular complexity index is 392. The van der Waals surface area contributed by atoms with E-state index in [2.05, 4.69) is 25.2 Å². The molecule has 0 aliphatic carbocycles. The minimum absolute atomic E-state index is 0.199. The molecule has 0 heterocycles. The zero-order valence-corrected chi connectivity index (χ0v) is 14.4. The third kappa shape index (κ3) is 18.3. The summed E-state index contributed by atoms with van der Waals surface area (Å²) in [5.74, 6) is -0.760. The van der Waals surface area contributed by atoms with Crippen LogP contribution in [-0.2, 0) is 4.79 Å². The molecule has 0 aliphatic rings. The van der Waals surface area contributed by atoms with E-state index in [4.69, 9.17) is 5.11 Å². The summed E-state index contributed by atoms with van der Waals surface area (Å²) in [5, 5.41) is 18.2.